The fraction of sp³-hybridized carbons (Fsp3) is 0.174. The van der Waals surface area contributed by atoms with Gasteiger partial charge in [0, 0.05) is 19.0 Å². The molecule has 2 aromatic heterocycles. The number of carbonyl (C=O) groups excluding carboxylic acids is 1. The number of carbonyl (C=O) groups is 1. The van der Waals surface area contributed by atoms with Crippen molar-refractivity contribution in [3.05, 3.63) is 82.1 Å². The molecule has 0 amide bonds. The van der Waals surface area contributed by atoms with Crippen molar-refractivity contribution in [2.45, 2.75) is 17.8 Å². The van der Waals surface area contributed by atoms with E-state index in [1.54, 1.807) is 11.5 Å². The van der Waals surface area contributed by atoms with Gasteiger partial charge in [0.15, 0.2) is 0 Å². The van der Waals surface area contributed by atoms with Crippen molar-refractivity contribution in [1.82, 2.24) is 9.55 Å². The Morgan fingerprint density at radius 3 is 2.47 bits per heavy atom. The van der Waals surface area contributed by atoms with Crippen LogP contribution in [-0.4, -0.2) is 36.8 Å². The van der Waals surface area contributed by atoms with Crippen LogP contribution in [0.25, 0.3) is 21.5 Å². The Balaban J connectivity index is 1.93. The third-order valence-electron chi connectivity index (χ3n) is 4.85. The van der Waals surface area contributed by atoms with Gasteiger partial charge in [0.2, 0.25) is 19.6 Å². The molecule has 4 aromatic rings. The molecule has 0 saturated heterocycles. The number of thiazole rings is 1. The molecule has 0 atom stereocenters. The quantitative estimate of drug-likeness (QED) is 0.400. The van der Waals surface area contributed by atoms with E-state index in [1.165, 1.54) is 6.20 Å². The first-order valence-corrected chi connectivity index (χ1v) is 12.5. The van der Waals surface area contributed by atoms with Crippen LogP contribution in [0.3, 0.4) is 0 Å². The minimum absolute atomic E-state index is 0.0572. The maximum absolute atomic E-state index is 12.9. The second-order valence-electron chi connectivity index (χ2n) is 7.15. The molecule has 0 aliphatic heterocycles. The number of benzene rings is 2. The first-order valence-electron chi connectivity index (χ1n) is 9.84. The third kappa shape index (κ3) is 4.21. The maximum Gasteiger partial charge on any atom is 0.343 e. The zero-order chi connectivity index (χ0) is 22.9. The van der Waals surface area contributed by atoms with Gasteiger partial charge in [-0.1, -0.05) is 65.9 Å². The van der Waals surface area contributed by atoms with E-state index in [9.17, 15) is 18.0 Å². The molecule has 0 N–H and O–H groups in total. The maximum atomic E-state index is 12.9. The van der Waals surface area contributed by atoms with E-state index in [1.807, 2.05) is 54.6 Å². The molecule has 0 bridgehead atoms. The van der Waals surface area contributed by atoms with Crippen molar-refractivity contribution < 1.29 is 17.9 Å². The van der Waals surface area contributed by atoms with Gasteiger partial charge in [0.1, 0.15) is 15.9 Å². The Labute approximate surface area is 188 Å². The molecule has 0 fully saturated rings. The summed E-state index contributed by atoms with van der Waals surface area (Å²) in [4.78, 5) is 29.8. The predicted octanol–water partition coefficient (Wildman–Crippen LogP) is 3.75. The average Bonchev–Trinajstić information content (AvgIpc) is 3.24. The van der Waals surface area contributed by atoms with Gasteiger partial charge in [-0.15, -0.1) is 0 Å². The smallest absolute Gasteiger partial charge is 0.343 e. The van der Waals surface area contributed by atoms with Gasteiger partial charge in [0.25, 0.3) is 0 Å². The molecule has 0 radical (unpaired) electrons. The van der Waals surface area contributed by atoms with Gasteiger partial charge in [-0.3, -0.25) is 4.79 Å². The van der Waals surface area contributed by atoms with Gasteiger partial charge in [-0.25, -0.2) is 18.2 Å². The van der Waals surface area contributed by atoms with E-state index in [0.717, 1.165) is 34.3 Å². The number of esters is 1. The zero-order valence-corrected chi connectivity index (χ0v) is 19.1. The normalized spacial score (nSPS) is 11.6. The van der Waals surface area contributed by atoms with Crippen LogP contribution >= 0.6 is 11.3 Å². The molecular weight excluding hydrogens is 448 g/mol. The molecule has 9 heteroatoms. The van der Waals surface area contributed by atoms with Crippen molar-refractivity contribution in [3.8, 4) is 11.1 Å². The van der Waals surface area contributed by atoms with E-state index < -0.39 is 21.2 Å². The number of nitrogens with zero attached hydrogens (tertiary/aromatic N) is 2. The fourth-order valence-corrected chi connectivity index (χ4v) is 5.28. The molecule has 2 aromatic carbocycles. The summed E-state index contributed by atoms with van der Waals surface area (Å²) in [5.74, 6) is -0.765. The summed E-state index contributed by atoms with van der Waals surface area (Å²) in [5, 5.41) is 0. The topological polar surface area (TPSA) is 95.3 Å². The van der Waals surface area contributed by atoms with Crippen LogP contribution in [0.2, 0.25) is 0 Å². The van der Waals surface area contributed by atoms with Gasteiger partial charge < -0.3 is 9.30 Å². The minimum atomic E-state index is -3.63. The Hall–Kier alpha value is -3.30. The van der Waals surface area contributed by atoms with E-state index >= 15 is 0 Å². The second kappa shape index (κ2) is 8.68. The van der Waals surface area contributed by atoms with Crippen LogP contribution in [-0.2, 0) is 21.1 Å². The molecule has 0 aliphatic carbocycles. The third-order valence-corrected chi connectivity index (χ3v) is 7.62. The highest BCUT2D eigenvalue weighted by atomic mass is 32.2. The summed E-state index contributed by atoms with van der Waals surface area (Å²) in [5.41, 5.74) is 2.07. The molecular formula is C23H20N2O5S2. The van der Waals surface area contributed by atoms with Crippen molar-refractivity contribution in [1.29, 1.82) is 0 Å². The van der Waals surface area contributed by atoms with E-state index in [4.69, 9.17) is 4.74 Å². The monoisotopic (exact) mass is 468 g/mol. The van der Waals surface area contributed by atoms with Crippen LogP contribution in [0.15, 0.2) is 69.9 Å². The number of rotatable bonds is 6. The molecule has 2 heterocycles. The van der Waals surface area contributed by atoms with Crippen molar-refractivity contribution in [3.63, 3.8) is 0 Å². The number of hydrogen-bond acceptors (Lipinski definition) is 7. The van der Waals surface area contributed by atoms with Crippen LogP contribution in [0.4, 0.5) is 0 Å². The molecule has 164 valence electrons. The standard InChI is InChI=1S/C23H20N2O5S2/c1-3-30-22(27)18-14-25(21-19(20(18)26)24-23(31-21)32(2,28)29)13-16-11-7-8-12-17(16)15-9-5-4-6-10-15/h4-12,14H,3,13H2,1-2H3. The first kappa shape index (κ1) is 21.9. The number of hydrogen-bond donors (Lipinski definition) is 0. The highest BCUT2D eigenvalue weighted by Crippen LogP contribution is 2.28. The summed E-state index contributed by atoms with van der Waals surface area (Å²) >= 11 is 0.911. The molecule has 7 nitrogen and oxygen atoms in total. The molecule has 0 saturated carbocycles. The zero-order valence-electron chi connectivity index (χ0n) is 17.4. The lowest BCUT2D eigenvalue weighted by molar-refractivity contribution is 0.0524. The number of sulfone groups is 1. The largest absolute Gasteiger partial charge is 0.462 e. The Bertz CT molecular complexity index is 1470. The number of aromatic nitrogens is 2. The Kier molecular flexibility index (Phi) is 5.94. The number of ether oxygens (including phenoxy) is 1. The summed E-state index contributed by atoms with van der Waals surface area (Å²) in [6.07, 6.45) is 2.46. The highest BCUT2D eigenvalue weighted by molar-refractivity contribution is 7.92. The van der Waals surface area contributed by atoms with Crippen LogP contribution in [0.5, 0.6) is 0 Å². The van der Waals surface area contributed by atoms with E-state index in [-0.39, 0.29) is 22.0 Å². The summed E-state index contributed by atoms with van der Waals surface area (Å²) < 4.78 is 30.7. The lowest BCUT2D eigenvalue weighted by atomic mass is 9.99. The van der Waals surface area contributed by atoms with E-state index in [0.29, 0.717) is 11.4 Å². The summed E-state index contributed by atoms with van der Waals surface area (Å²) in [6, 6.07) is 17.6. The number of fused-ring (bicyclic) bond motifs is 1. The summed E-state index contributed by atoms with van der Waals surface area (Å²) in [6.45, 7) is 2.06. The SMILES string of the molecule is CCOC(=O)c1cn(Cc2ccccc2-c2ccccc2)c2sc(S(C)(=O)=O)nc2c1=O. The van der Waals surface area contributed by atoms with Gasteiger partial charge in [-0.2, -0.15) is 0 Å². The minimum Gasteiger partial charge on any atom is -0.462 e. The molecule has 32 heavy (non-hydrogen) atoms. The van der Waals surface area contributed by atoms with Crippen molar-refractivity contribution in [2.24, 2.45) is 0 Å². The van der Waals surface area contributed by atoms with Crippen molar-refractivity contribution >= 4 is 37.5 Å². The van der Waals surface area contributed by atoms with Crippen molar-refractivity contribution in [2.75, 3.05) is 12.9 Å². The summed E-state index contributed by atoms with van der Waals surface area (Å²) in [7, 11) is -3.63. The molecule has 0 spiro atoms. The first-order chi connectivity index (χ1) is 15.3. The highest BCUT2D eigenvalue weighted by Gasteiger charge is 2.23. The van der Waals surface area contributed by atoms with E-state index in [2.05, 4.69) is 4.98 Å². The molecule has 4 rings (SSSR count). The van der Waals surface area contributed by atoms with Gasteiger partial charge in [-0.05, 0) is 23.6 Å². The van der Waals surface area contributed by atoms with Gasteiger partial charge in [0.05, 0.1) is 6.61 Å². The van der Waals surface area contributed by atoms with Crippen LogP contribution in [0, 0.1) is 0 Å². The predicted molar refractivity (Wildman–Crippen MR) is 124 cm³/mol. The Morgan fingerprint density at radius 1 is 1.09 bits per heavy atom. The molecule has 0 aliphatic rings. The lowest BCUT2D eigenvalue weighted by Crippen LogP contribution is -2.21. The fourth-order valence-electron chi connectivity index (χ4n) is 3.41. The lowest BCUT2D eigenvalue weighted by Gasteiger charge is -2.14. The molecule has 0 unspecified atom stereocenters. The van der Waals surface area contributed by atoms with Crippen LogP contribution in [0.1, 0.15) is 22.8 Å². The number of pyridine rings is 1. The van der Waals surface area contributed by atoms with Crippen LogP contribution < -0.4 is 5.43 Å². The second-order valence-corrected chi connectivity index (χ2v) is 10.3. The Morgan fingerprint density at radius 2 is 1.78 bits per heavy atom. The van der Waals surface area contributed by atoms with Gasteiger partial charge >= 0.3 is 5.97 Å². The average molecular weight is 469 g/mol.